The van der Waals surface area contributed by atoms with Crippen LogP contribution in [0.2, 0.25) is 0 Å². The molecule has 0 atom stereocenters. The summed E-state index contributed by atoms with van der Waals surface area (Å²) in [5.74, 6) is 1.27. The number of aryl methyl sites for hydroxylation is 1. The van der Waals surface area contributed by atoms with Crippen LogP contribution in [0.1, 0.15) is 17.5 Å². The average Bonchev–Trinajstić information content (AvgIpc) is 2.29. The first-order valence-corrected chi connectivity index (χ1v) is 6.80. The first-order chi connectivity index (χ1) is 7.29. The van der Waals surface area contributed by atoms with Crippen LogP contribution in [0.15, 0.2) is 23.1 Å². The Balaban J connectivity index is 2.13. The fourth-order valence-electron chi connectivity index (χ4n) is 1.87. The van der Waals surface area contributed by atoms with E-state index in [0.717, 1.165) is 6.54 Å². The highest BCUT2D eigenvalue weighted by atomic mass is 35.5. The fraction of sp³-hybridized carbons (Fsp3) is 0.500. The second-order valence-electron chi connectivity index (χ2n) is 4.03. The van der Waals surface area contributed by atoms with Crippen molar-refractivity contribution in [2.75, 3.05) is 18.8 Å². The number of benzene rings is 1. The van der Waals surface area contributed by atoms with Crippen LogP contribution in [-0.4, -0.2) is 23.7 Å². The van der Waals surface area contributed by atoms with E-state index in [4.69, 9.17) is 11.6 Å². The second kappa shape index (κ2) is 5.24. The Kier molecular flexibility index (Phi) is 3.95. The molecule has 0 saturated carbocycles. The third kappa shape index (κ3) is 2.90. The lowest BCUT2D eigenvalue weighted by molar-refractivity contribution is 0.382. The Morgan fingerprint density at radius 1 is 1.47 bits per heavy atom. The quantitative estimate of drug-likeness (QED) is 0.590. The van der Waals surface area contributed by atoms with Crippen LogP contribution in [0, 0.1) is 0 Å². The van der Waals surface area contributed by atoms with Gasteiger partial charge in [-0.05, 0) is 42.8 Å². The Bertz CT molecular complexity index is 340. The molecule has 1 aromatic rings. The largest absolute Gasteiger partial charge is 0.289 e. The third-order valence-electron chi connectivity index (χ3n) is 2.63. The Morgan fingerprint density at radius 2 is 2.33 bits per heavy atom. The number of fused-ring (bicyclic) bond motifs is 1. The molecule has 0 N–H and O–H groups in total. The summed E-state index contributed by atoms with van der Waals surface area (Å²) in [7, 11) is 2.04. The van der Waals surface area contributed by atoms with Gasteiger partial charge >= 0.3 is 0 Å². The summed E-state index contributed by atoms with van der Waals surface area (Å²) in [6, 6.07) is 7.41. The van der Waals surface area contributed by atoms with Crippen LogP contribution in [0.4, 0.5) is 0 Å². The summed E-state index contributed by atoms with van der Waals surface area (Å²) in [6.45, 7) is 0.946. The zero-order valence-electron chi connectivity index (χ0n) is 9.00. The van der Waals surface area contributed by atoms with Crippen molar-refractivity contribution in [1.29, 1.82) is 0 Å². The molecule has 1 aliphatic rings. The molecule has 1 aliphatic heterocycles. The zero-order valence-corrected chi connectivity index (χ0v) is 10.6. The normalized spacial score (nSPS) is 15.4. The first-order valence-electron chi connectivity index (χ1n) is 5.28. The lowest BCUT2D eigenvalue weighted by Crippen LogP contribution is -2.15. The minimum atomic E-state index is 0.589. The SMILES string of the molecule is CN(CCl)Cc1ccc2c(c1)CCCS2. The summed E-state index contributed by atoms with van der Waals surface area (Å²) >= 11 is 7.75. The fourth-order valence-corrected chi connectivity index (χ4v) is 2.97. The molecule has 1 heterocycles. The number of alkyl halides is 1. The van der Waals surface area contributed by atoms with Gasteiger partial charge in [-0.1, -0.05) is 12.1 Å². The number of hydrogen-bond acceptors (Lipinski definition) is 2. The van der Waals surface area contributed by atoms with Crippen molar-refractivity contribution in [3.8, 4) is 0 Å². The summed E-state index contributed by atoms with van der Waals surface area (Å²) in [4.78, 5) is 3.58. The van der Waals surface area contributed by atoms with E-state index in [2.05, 4.69) is 23.1 Å². The minimum absolute atomic E-state index is 0.589. The highest BCUT2D eigenvalue weighted by Gasteiger charge is 2.10. The van der Waals surface area contributed by atoms with E-state index in [-0.39, 0.29) is 0 Å². The summed E-state index contributed by atoms with van der Waals surface area (Å²) in [5, 5.41) is 0. The molecule has 0 saturated heterocycles. The number of rotatable bonds is 3. The standard InChI is InChI=1S/C12H16ClNS/c1-14(9-13)8-10-4-5-12-11(7-10)3-2-6-15-12/h4-5,7H,2-3,6,8-9H2,1H3. The first kappa shape index (κ1) is 11.3. The van der Waals surface area contributed by atoms with Crippen molar-refractivity contribution in [3.63, 3.8) is 0 Å². The topological polar surface area (TPSA) is 3.24 Å². The maximum absolute atomic E-state index is 5.77. The van der Waals surface area contributed by atoms with Crippen molar-refractivity contribution >= 4 is 23.4 Å². The molecule has 82 valence electrons. The van der Waals surface area contributed by atoms with Crippen molar-refractivity contribution in [1.82, 2.24) is 4.90 Å². The van der Waals surface area contributed by atoms with Crippen LogP contribution < -0.4 is 0 Å². The number of halogens is 1. The van der Waals surface area contributed by atoms with Gasteiger partial charge in [0.05, 0.1) is 6.00 Å². The molecular weight excluding hydrogens is 226 g/mol. The van der Waals surface area contributed by atoms with E-state index >= 15 is 0 Å². The zero-order chi connectivity index (χ0) is 10.7. The van der Waals surface area contributed by atoms with E-state index in [0.29, 0.717) is 6.00 Å². The predicted octanol–water partition coefficient (Wildman–Crippen LogP) is 3.35. The van der Waals surface area contributed by atoms with Gasteiger partial charge in [-0.2, -0.15) is 0 Å². The van der Waals surface area contributed by atoms with E-state index in [1.54, 1.807) is 0 Å². The highest BCUT2D eigenvalue weighted by Crippen LogP contribution is 2.30. The van der Waals surface area contributed by atoms with Crippen molar-refractivity contribution in [2.24, 2.45) is 0 Å². The number of nitrogens with zero attached hydrogens (tertiary/aromatic N) is 1. The molecule has 0 bridgehead atoms. The van der Waals surface area contributed by atoms with Crippen LogP contribution in [-0.2, 0) is 13.0 Å². The van der Waals surface area contributed by atoms with E-state index < -0.39 is 0 Å². The smallest absolute Gasteiger partial charge is 0.0738 e. The third-order valence-corrected chi connectivity index (χ3v) is 4.24. The molecular formula is C12H16ClNS. The molecule has 0 aromatic heterocycles. The van der Waals surface area contributed by atoms with Gasteiger partial charge in [-0.15, -0.1) is 23.4 Å². The molecule has 1 aromatic carbocycles. The Labute approximate surface area is 101 Å². The highest BCUT2D eigenvalue weighted by molar-refractivity contribution is 7.99. The van der Waals surface area contributed by atoms with Gasteiger partial charge in [0.2, 0.25) is 0 Å². The second-order valence-corrected chi connectivity index (χ2v) is 5.40. The van der Waals surface area contributed by atoms with E-state index in [9.17, 15) is 0 Å². The molecule has 1 nitrogen and oxygen atoms in total. The lowest BCUT2D eigenvalue weighted by atomic mass is 10.1. The van der Waals surface area contributed by atoms with Crippen molar-refractivity contribution in [2.45, 2.75) is 24.3 Å². The van der Waals surface area contributed by atoms with Gasteiger partial charge < -0.3 is 0 Å². The Hall–Kier alpha value is -0.180. The molecule has 0 aliphatic carbocycles. The van der Waals surface area contributed by atoms with Gasteiger partial charge in [0.25, 0.3) is 0 Å². The average molecular weight is 242 g/mol. The van der Waals surface area contributed by atoms with Gasteiger partial charge in [0, 0.05) is 11.4 Å². The van der Waals surface area contributed by atoms with E-state index in [1.807, 2.05) is 18.8 Å². The molecule has 0 amide bonds. The van der Waals surface area contributed by atoms with Crippen LogP contribution in [0.3, 0.4) is 0 Å². The van der Waals surface area contributed by atoms with Crippen LogP contribution in [0.25, 0.3) is 0 Å². The van der Waals surface area contributed by atoms with Gasteiger partial charge in [0.15, 0.2) is 0 Å². The van der Waals surface area contributed by atoms with Crippen molar-refractivity contribution < 1.29 is 0 Å². The molecule has 0 fully saturated rings. The Morgan fingerprint density at radius 3 is 3.13 bits per heavy atom. The summed E-state index contributed by atoms with van der Waals surface area (Å²) in [5.41, 5.74) is 2.89. The van der Waals surface area contributed by atoms with Crippen molar-refractivity contribution in [3.05, 3.63) is 29.3 Å². The van der Waals surface area contributed by atoms with Gasteiger partial charge in [-0.25, -0.2) is 0 Å². The molecule has 2 rings (SSSR count). The predicted molar refractivity (Wildman–Crippen MR) is 67.7 cm³/mol. The monoisotopic (exact) mass is 241 g/mol. The van der Waals surface area contributed by atoms with E-state index in [1.165, 1.54) is 34.6 Å². The molecule has 15 heavy (non-hydrogen) atoms. The molecule has 0 radical (unpaired) electrons. The minimum Gasteiger partial charge on any atom is -0.289 e. The molecule has 0 unspecified atom stereocenters. The number of hydrogen-bond donors (Lipinski definition) is 0. The maximum Gasteiger partial charge on any atom is 0.0738 e. The van der Waals surface area contributed by atoms with Crippen LogP contribution in [0.5, 0.6) is 0 Å². The maximum atomic E-state index is 5.77. The number of thioether (sulfide) groups is 1. The summed E-state index contributed by atoms with van der Waals surface area (Å²) < 4.78 is 0. The van der Waals surface area contributed by atoms with Crippen LogP contribution >= 0.6 is 23.4 Å². The molecule has 0 spiro atoms. The lowest BCUT2D eigenvalue weighted by Gasteiger charge is -2.18. The molecule has 3 heteroatoms. The van der Waals surface area contributed by atoms with Gasteiger partial charge in [-0.3, -0.25) is 4.90 Å². The van der Waals surface area contributed by atoms with Gasteiger partial charge in [0.1, 0.15) is 0 Å². The summed E-state index contributed by atoms with van der Waals surface area (Å²) in [6.07, 6.45) is 2.55.